The van der Waals surface area contributed by atoms with Crippen molar-refractivity contribution in [1.82, 2.24) is 30.0 Å². The van der Waals surface area contributed by atoms with E-state index in [1.807, 2.05) is 36.1 Å². The summed E-state index contributed by atoms with van der Waals surface area (Å²) in [7, 11) is 4.11. The van der Waals surface area contributed by atoms with Crippen molar-refractivity contribution < 1.29 is 4.79 Å². The molecule has 1 aliphatic rings. The lowest BCUT2D eigenvalue weighted by molar-refractivity contribution is 0.0779. The molecule has 1 fully saturated rings. The van der Waals surface area contributed by atoms with E-state index < -0.39 is 0 Å². The van der Waals surface area contributed by atoms with Gasteiger partial charge in [0.1, 0.15) is 16.4 Å². The molecule has 164 valence electrons. The van der Waals surface area contributed by atoms with Gasteiger partial charge in [-0.05, 0) is 51.2 Å². The highest BCUT2D eigenvalue weighted by atomic mass is 35.5. The van der Waals surface area contributed by atoms with Gasteiger partial charge in [-0.15, -0.1) is 11.3 Å². The second-order valence-corrected chi connectivity index (χ2v) is 9.67. The number of halogens is 1. The molecule has 1 N–H and O–H groups in total. The number of aromatic amines is 1. The van der Waals surface area contributed by atoms with Crippen LogP contribution in [0.2, 0.25) is 5.02 Å². The second kappa shape index (κ2) is 8.27. The minimum absolute atomic E-state index is 0.0428. The normalized spacial score (nSPS) is 16.4. The summed E-state index contributed by atoms with van der Waals surface area (Å²) >= 11 is 7.75. The third-order valence-corrected chi connectivity index (χ3v) is 7.59. The SMILES string of the molecule is Cc1c(Cl)ccc2c(-c3nc(C(=O)N4CCC(N(C)C)C4)c(-c4cccnc4)s3)[nH]nc12. The van der Waals surface area contributed by atoms with Crippen LogP contribution in [0.25, 0.3) is 32.0 Å². The average molecular weight is 467 g/mol. The highest BCUT2D eigenvalue weighted by Gasteiger charge is 2.32. The molecule has 1 unspecified atom stereocenters. The molecule has 7 nitrogen and oxygen atoms in total. The molecule has 0 aliphatic carbocycles. The van der Waals surface area contributed by atoms with E-state index in [-0.39, 0.29) is 5.91 Å². The number of rotatable bonds is 4. The van der Waals surface area contributed by atoms with Crippen molar-refractivity contribution in [2.75, 3.05) is 27.2 Å². The molecule has 4 aromatic rings. The number of hydrogen-bond donors (Lipinski definition) is 1. The molecule has 1 saturated heterocycles. The van der Waals surface area contributed by atoms with Crippen LogP contribution in [0.5, 0.6) is 0 Å². The van der Waals surface area contributed by atoms with Crippen molar-refractivity contribution in [2.24, 2.45) is 0 Å². The molecule has 4 heterocycles. The molecule has 1 aliphatic heterocycles. The molecule has 32 heavy (non-hydrogen) atoms. The van der Waals surface area contributed by atoms with Gasteiger partial charge in [0.15, 0.2) is 0 Å². The van der Waals surface area contributed by atoms with Gasteiger partial charge in [-0.2, -0.15) is 5.10 Å². The number of nitrogens with zero attached hydrogens (tertiary/aromatic N) is 5. The number of carbonyl (C=O) groups excluding carboxylic acids is 1. The smallest absolute Gasteiger partial charge is 0.274 e. The number of hydrogen-bond acceptors (Lipinski definition) is 6. The Hall–Kier alpha value is -2.81. The molecule has 0 saturated carbocycles. The number of likely N-dealkylation sites (tertiary alicyclic amines) is 1. The van der Waals surface area contributed by atoms with Crippen molar-refractivity contribution in [3.05, 3.63) is 52.9 Å². The summed E-state index contributed by atoms with van der Waals surface area (Å²) in [6.45, 7) is 3.38. The van der Waals surface area contributed by atoms with E-state index in [4.69, 9.17) is 16.6 Å². The van der Waals surface area contributed by atoms with Gasteiger partial charge >= 0.3 is 0 Å². The molecule has 3 aromatic heterocycles. The maximum atomic E-state index is 13.5. The summed E-state index contributed by atoms with van der Waals surface area (Å²) in [6.07, 6.45) is 4.46. The van der Waals surface area contributed by atoms with E-state index in [2.05, 4.69) is 34.2 Å². The number of fused-ring (bicyclic) bond motifs is 1. The number of H-pyrrole nitrogens is 1. The summed E-state index contributed by atoms with van der Waals surface area (Å²) in [6, 6.07) is 8.01. The highest BCUT2D eigenvalue weighted by molar-refractivity contribution is 7.18. The summed E-state index contributed by atoms with van der Waals surface area (Å²) in [5.41, 5.74) is 3.86. The van der Waals surface area contributed by atoms with Crippen LogP contribution in [0.4, 0.5) is 0 Å². The number of amides is 1. The molecular formula is C23H23ClN6OS. The number of thiazole rings is 1. The zero-order chi connectivity index (χ0) is 22.4. The van der Waals surface area contributed by atoms with E-state index in [9.17, 15) is 4.79 Å². The van der Waals surface area contributed by atoms with Crippen LogP contribution >= 0.6 is 22.9 Å². The van der Waals surface area contributed by atoms with Crippen LogP contribution in [0, 0.1) is 6.92 Å². The number of aromatic nitrogens is 4. The van der Waals surface area contributed by atoms with E-state index in [0.717, 1.165) is 50.6 Å². The van der Waals surface area contributed by atoms with Crippen molar-refractivity contribution in [1.29, 1.82) is 0 Å². The van der Waals surface area contributed by atoms with Crippen LogP contribution in [-0.2, 0) is 0 Å². The molecule has 1 atom stereocenters. The zero-order valence-electron chi connectivity index (χ0n) is 18.1. The number of aryl methyl sites for hydroxylation is 1. The fourth-order valence-electron chi connectivity index (χ4n) is 4.12. The van der Waals surface area contributed by atoms with Crippen LogP contribution in [-0.4, -0.2) is 69.1 Å². The van der Waals surface area contributed by atoms with E-state index in [1.165, 1.54) is 11.3 Å². The molecule has 9 heteroatoms. The van der Waals surface area contributed by atoms with Gasteiger partial charge in [0.05, 0.1) is 10.4 Å². The van der Waals surface area contributed by atoms with E-state index >= 15 is 0 Å². The molecule has 0 radical (unpaired) electrons. The minimum Gasteiger partial charge on any atom is -0.336 e. The van der Waals surface area contributed by atoms with Crippen molar-refractivity contribution >= 4 is 39.7 Å². The standard InChI is InChI=1S/C23H23ClN6OS/c1-13-17(24)7-6-16-18(13)27-28-19(16)22-26-20(21(32-22)14-5-4-9-25-11-14)23(31)30-10-8-15(12-30)29(2)3/h4-7,9,11,15H,8,10,12H2,1-3H3,(H,27,28). The third kappa shape index (κ3) is 3.58. The van der Waals surface area contributed by atoms with Crippen LogP contribution in [0.15, 0.2) is 36.7 Å². The molecule has 5 rings (SSSR count). The van der Waals surface area contributed by atoms with Crippen LogP contribution in [0.1, 0.15) is 22.5 Å². The predicted octanol–water partition coefficient (Wildman–Crippen LogP) is 4.49. The summed E-state index contributed by atoms with van der Waals surface area (Å²) in [5.74, 6) is -0.0428. The number of nitrogens with one attached hydrogen (secondary N) is 1. The van der Waals surface area contributed by atoms with Gasteiger partial charge in [-0.3, -0.25) is 14.9 Å². The van der Waals surface area contributed by atoms with Crippen molar-refractivity contribution in [3.63, 3.8) is 0 Å². The van der Waals surface area contributed by atoms with Gasteiger partial charge in [0.2, 0.25) is 0 Å². The van der Waals surface area contributed by atoms with Crippen LogP contribution in [0.3, 0.4) is 0 Å². The van der Waals surface area contributed by atoms with Gasteiger partial charge in [0.25, 0.3) is 5.91 Å². The lowest BCUT2D eigenvalue weighted by atomic mass is 10.1. The zero-order valence-corrected chi connectivity index (χ0v) is 19.7. The quantitative estimate of drug-likeness (QED) is 0.479. The molecule has 1 amide bonds. The van der Waals surface area contributed by atoms with Gasteiger partial charge < -0.3 is 9.80 Å². The summed E-state index contributed by atoms with van der Waals surface area (Å²) in [5, 5.41) is 9.91. The topological polar surface area (TPSA) is 78.0 Å². The van der Waals surface area contributed by atoms with Gasteiger partial charge in [-0.1, -0.05) is 17.7 Å². The summed E-state index contributed by atoms with van der Waals surface area (Å²) < 4.78 is 0. The van der Waals surface area contributed by atoms with Crippen molar-refractivity contribution in [2.45, 2.75) is 19.4 Å². The van der Waals surface area contributed by atoms with Crippen LogP contribution < -0.4 is 0 Å². The molecule has 0 bridgehead atoms. The highest BCUT2D eigenvalue weighted by Crippen LogP contribution is 2.39. The summed E-state index contributed by atoms with van der Waals surface area (Å²) in [4.78, 5) is 27.5. The maximum absolute atomic E-state index is 13.5. The van der Waals surface area contributed by atoms with E-state index in [1.54, 1.807) is 12.4 Å². The Balaban J connectivity index is 1.60. The molecular weight excluding hydrogens is 444 g/mol. The maximum Gasteiger partial charge on any atom is 0.274 e. The average Bonchev–Trinajstić information content (AvgIpc) is 3.54. The Morgan fingerprint density at radius 2 is 2.16 bits per heavy atom. The Morgan fingerprint density at radius 1 is 1.31 bits per heavy atom. The number of benzene rings is 1. The predicted molar refractivity (Wildman–Crippen MR) is 128 cm³/mol. The monoisotopic (exact) mass is 466 g/mol. The Kier molecular flexibility index (Phi) is 5.44. The van der Waals surface area contributed by atoms with Gasteiger partial charge in [0, 0.05) is 47.5 Å². The number of carbonyl (C=O) groups is 1. The van der Waals surface area contributed by atoms with Gasteiger partial charge in [-0.25, -0.2) is 4.98 Å². The number of pyridine rings is 1. The first-order chi connectivity index (χ1) is 15.4. The first-order valence-corrected chi connectivity index (χ1v) is 11.6. The second-order valence-electron chi connectivity index (χ2n) is 8.26. The first-order valence-electron chi connectivity index (χ1n) is 10.4. The Bertz CT molecular complexity index is 1300. The van der Waals surface area contributed by atoms with Crippen molar-refractivity contribution in [3.8, 4) is 21.1 Å². The third-order valence-electron chi connectivity index (χ3n) is 6.06. The largest absolute Gasteiger partial charge is 0.336 e. The Morgan fingerprint density at radius 3 is 2.88 bits per heavy atom. The fraction of sp³-hybridized carbons (Fsp3) is 0.304. The molecule has 0 spiro atoms. The fourth-order valence-corrected chi connectivity index (χ4v) is 5.33. The molecule has 1 aromatic carbocycles. The lowest BCUT2D eigenvalue weighted by Gasteiger charge is -2.20. The first kappa shape index (κ1) is 21.1. The van der Waals surface area contributed by atoms with E-state index in [0.29, 0.717) is 23.3 Å². The minimum atomic E-state index is -0.0428. The number of likely N-dealkylation sites (N-methyl/N-ethyl adjacent to an activating group) is 1. The lowest BCUT2D eigenvalue weighted by Crippen LogP contribution is -2.34. The Labute approximate surface area is 195 Å².